The Balaban J connectivity index is 2.13. The van der Waals surface area contributed by atoms with Crippen LogP contribution >= 0.6 is 0 Å². The summed E-state index contributed by atoms with van der Waals surface area (Å²) in [6, 6.07) is 4.36. The fourth-order valence-electron chi connectivity index (χ4n) is 2.48. The summed E-state index contributed by atoms with van der Waals surface area (Å²) in [5.41, 5.74) is 1.20. The van der Waals surface area contributed by atoms with Gasteiger partial charge in [-0.2, -0.15) is 0 Å². The Morgan fingerprint density at radius 1 is 1.23 bits per heavy atom. The van der Waals surface area contributed by atoms with Gasteiger partial charge in [0.1, 0.15) is 5.65 Å². The summed E-state index contributed by atoms with van der Waals surface area (Å²) in [5.74, 6) is 0.311. The topological polar surface area (TPSA) is 121 Å². The first-order chi connectivity index (χ1) is 12.5. The fraction of sp³-hybridized carbons (Fsp3) is 0.235. The van der Waals surface area contributed by atoms with Crippen molar-refractivity contribution in [1.29, 1.82) is 0 Å². The number of hydrogen-bond donors (Lipinski definition) is 3. The van der Waals surface area contributed by atoms with Gasteiger partial charge in [0, 0.05) is 36.9 Å². The molecule has 3 aromatic rings. The predicted molar refractivity (Wildman–Crippen MR) is 96.4 cm³/mol. The van der Waals surface area contributed by atoms with Crippen molar-refractivity contribution in [3.05, 3.63) is 46.8 Å². The third-order valence-electron chi connectivity index (χ3n) is 3.67. The maximum Gasteiger partial charge on any atom is 0.320 e. The first-order valence-electron chi connectivity index (χ1n) is 8.19. The number of carbonyl (C=O) groups excluding carboxylic acids is 2. The highest BCUT2D eigenvalue weighted by Crippen LogP contribution is 2.20. The number of amides is 2. The third kappa shape index (κ3) is 3.46. The van der Waals surface area contributed by atoms with E-state index in [-0.39, 0.29) is 29.6 Å². The minimum Gasteiger partial charge on any atom is -0.338 e. The Labute approximate surface area is 148 Å². The van der Waals surface area contributed by atoms with Gasteiger partial charge in [0.05, 0.1) is 11.9 Å². The molecule has 0 aromatic carbocycles. The Hall–Kier alpha value is -3.49. The Morgan fingerprint density at radius 2 is 2.04 bits per heavy atom. The molecule has 134 valence electrons. The van der Waals surface area contributed by atoms with E-state index < -0.39 is 0 Å². The van der Waals surface area contributed by atoms with Crippen LogP contribution in [0.1, 0.15) is 30.9 Å². The molecule has 3 aromatic heterocycles. The van der Waals surface area contributed by atoms with Gasteiger partial charge in [-0.05, 0) is 13.0 Å². The van der Waals surface area contributed by atoms with Crippen molar-refractivity contribution in [2.75, 3.05) is 11.9 Å². The number of Topliss-reactive ketones (excluding diaryl/α,β-unsaturated/α-hetero) is 1. The Morgan fingerprint density at radius 3 is 2.73 bits per heavy atom. The number of aromatic amines is 1. The summed E-state index contributed by atoms with van der Waals surface area (Å²) >= 11 is 0. The van der Waals surface area contributed by atoms with Crippen molar-refractivity contribution >= 4 is 23.3 Å². The summed E-state index contributed by atoms with van der Waals surface area (Å²) in [6.45, 7) is 4.02. The van der Waals surface area contributed by atoms with Crippen LogP contribution in [-0.2, 0) is 0 Å². The van der Waals surface area contributed by atoms with E-state index in [1.165, 1.54) is 16.7 Å². The van der Waals surface area contributed by atoms with E-state index in [2.05, 4.69) is 25.6 Å². The van der Waals surface area contributed by atoms with Crippen LogP contribution in [0.2, 0.25) is 0 Å². The first-order valence-corrected chi connectivity index (χ1v) is 8.19. The number of anilines is 1. The zero-order valence-corrected chi connectivity index (χ0v) is 14.4. The number of rotatable bonds is 5. The number of hydrogen-bond acceptors (Lipinski definition) is 5. The van der Waals surface area contributed by atoms with E-state index >= 15 is 0 Å². The number of H-pyrrole nitrogens is 1. The summed E-state index contributed by atoms with van der Waals surface area (Å²) in [4.78, 5) is 46.9. The molecule has 0 radical (unpaired) electrons. The van der Waals surface area contributed by atoms with Gasteiger partial charge in [0.15, 0.2) is 17.4 Å². The molecular weight excluding hydrogens is 336 g/mol. The number of ketones is 1. The quantitative estimate of drug-likeness (QED) is 0.603. The summed E-state index contributed by atoms with van der Waals surface area (Å²) in [6.07, 6.45) is 3.32. The van der Waals surface area contributed by atoms with Crippen molar-refractivity contribution < 1.29 is 9.59 Å². The van der Waals surface area contributed by atoms with Crippen LogP contribution in [0.5, 0.6) is 0 Å². The van der Waals surface area contributed by atoms with Crippen LogP contribution in [0.4, 0.5) is 10.6 Å². The molecule has 0 saturated carbocycles. The molecule has 3 rings (SSSR count). The van der Waals surface area contributed by atoms with Gasteiger partial charge in [-0.3, -0.25) is 19.3 Å². The number of pyridine rings is 1. The van der Waals surface area contributed by atoms with E-state index in [0.29, 0.717) is 29.3 Å². The number of nitrogens with zero attached hydrogens (tertiary/aromatic N) is 3. The molecule has 0 bridgehead atoms. The number of nitrogens with one attached hydrogen (secondary N) is 3. The van der Waals surface area contributed by atoms with Gasteiger partial charge in [-0.25, -0.2) is 14.8 Å². The molecule has 0 aliphatic heterocycles. The van der Waals surface area contributed by atoms with Crippen LogP contribution in [0.3, 0.4) is 0 Å². The molecule has 9 heteroatoms. The molecule has 0 aliphatic rings. The van der Waals surface area contributed by atoms with Gasteiger partial charge in [-0.15, -0.1) is 0 Å². The highest BCUT2D eigenvalue weighted by Gasteiger charge is 2.16. The van der Waals surface area contributed by atoms with E-state index in [4.69, 9.17) is 0 Å². The van der Waals surface area contributed by atoms with Crippen molar-refractivity contribution in [1.82, 2.24) is 24.7 Å². The van der Waals surface area contributed by atoms with Gasteiger partial charge in [0.2, 0.25) is 5.56 Å². The summed E-state index contributed by atoms with van der Waals surface area (Å²) < 4.78 is 1.53. The van der Waals surface area contributed by atoms with Gasteiger partial charge in [0.25, 0.3) is 0 Å². The number of fused-ring (bicyclic) bond motifs is 1. The maximum absolute atomic E-state index is 12.3. The van der Waals surface area contributed by atoms with E-state index in [0.717, 1.165) is 0 Å². The molecule has 0 saturated heterocycles. The lowest BCUT2D eigenvalue weighted by Gasteiger charge is -2.06. The fourth-order valence-corrected chi connectivity index (χ4v) is 2.48. The molecule has 3 heterocycles. The van der Waals surface area contributed by atoms with Crippen molar-refractivity contribution in [2.24, 2.45) is 0 Å². The zero-order valence-electron chi connectivity index (χ0n) is 14.4. The van der Waals surface area contributed by atoms with Crippen molar-refractivity contribution in [3.63, 3.8) is 0 Å². The normalized spacial score (nSPS) is 10.7. The first kappa shape index (κ1) is 17.3. The number of aromatic nitrogens is 4. The third-order valence-corrected chi connectivity index (χ3v) is 3.67. The molecule has 0 fully saturated rings. The van der Waals surface area contributed by atoms with Gasteiger partial charge < -0.3 is 10.3 Å². The predicted octanol–water partition coefficient (Wildman–Crippen LogP) is 1.82. The molecule has 0 spiro atoms. The standard InChI is InChI=1S/C17H18N6O3/c1-3-12(24)16-20-11(10-5-6-19-15(25)7-10)8-14-21-13(9-23(14)16)22-17(26)18-4-2/h5-9H,3-4H2,1-2H3,(H,19,25)(H2,18,22,26). The summed E-state index contributed by atoms with van der Waals surface area (Å²) in [5, 5.41) is 5.22. The molecule has 0 unspecified atom stereocenters. The van der Waals surface area contributed by atoms with Crippen LogP contribution in [-0.4, -0.2) is 37.7 Å². The lowest BCUT2D eigenvalue weighted by Crippen LogP contribution is -2.28. The molecular formula is C17H18N6O3. The van der Waals surface area contributed by atoms with Crippen molar-refractivity contribution in [2.45, 2.75) is 20.3 Å². The summed E-state index contributed by atoms with van der Waals surface area (Å²) in [7, 11) is 0. The second-order valence-corrected chi connectivity index (χ2v) is 5.52. The van der Waals surface area contributed by atoms with E-state index in [9.17, 15) is 14.4 Å². The molecule has 9 nitrogen and oxygen atoms in total. The van der Waals surface area contributed by atoms with Crippen LogP contribution in [0, 0.1) is 0 Å². The lowest BCUT2D eigenvalue weighted by atomic mass is 10.2. The zero-order chi connectivity index (χ0) is 18.7. The van der Waals surface area contributed by atoms with Gasteiger partial charge >= 0.3 is 6.03 Å². The molecule has 2 amide bonds. The minimum atomic E-state index is -0.387. The molecule has 0 atom stereocenters. The molecule has 3 N–H and O–H groups in total. The SMILES string of the molecule is CCNC(=O)Nc1cn2c(C(=O)CC)nc(-c3cc[nH]c(=O)c3)cc2n1. The number of urea groups is 1. The Bertz CT molecular complexity index is 1040. The number of imidazole rings is 1. The van der Waals surface area contributed by atoms with E-state index in [1.54, 1.807) is 32.2 Å². The average molecular weight is 354 g/mol. The second-order valence-electron chi connectivity index (χ2n) is 5.52. The maximum atomic E-state index is 12.3. The molecule has 26 heavy (non-hydrogen) atoms. The van der Waals surface area contributed by atoms with Crippen molar-refractivity contribution in [3.8, 4) is 11.3 Å². The largest absolute Gasteiger partial charge is 0.338 e. The average Bonchev–Trinajstić information content (AvgIpc) is 3.02. The lowest BCUT2D eigenvalue weighted by molar-refractivity contribution is 0.0977. The highest BCUT2D eigenvalue weighted by molar-refractivity contribution is 5.94. The Kier molecular flexibility index (Phi) is 4.78. The smallest absolute Gasteiger partial charge is 0.320 e. The van der Waals surface area contributed by atoms with E-state index in [1.807, 2.05) is 0 Å². The van der Waals surface area contributed by atoms with Crippen LogP contribution in [0.25, 0.3) is 16.9 Å². The van der Waals surface area contributed by atoms with Gasteiger partial charge in [-0.1, -0.05) is 6.92 Å². The highest BCUT2D eigenvalue weighted by atomic mass is 16.2. The number of carbonyl (C=O) groups is 2. The monoisotopic (exact) mass is 354 g/mol. The van der Waals surface area contributed by atoms with Crippen LogP contribution in [0.15, 0.2) is 35.4 Å². The molecule has 0 aliphatic carbocycles. The minimum absolute atomic E-state index is 0.177. The second kappa shape index (κ2) is 7.18. The van der Waals surface area contributed by atoms with Crippen LogP contribution < -0.4 is 16.2 Å².